The molecule has 2 spiro atoms. The number of rotatable bonds is 8. The molecule has 11 heteroatoms. The van der Waals surface area contributed by atoms with Gasteiger partial charge in [0.2, 0.25) is 5.91 Å². The quantitative estimate of drug-likeness (QED) is 0.457. The number of nitrogens with zero attached hydrogens (tertiary/aromatic N) is 6. The van der Waals surface area contributed by atoms with Crippen LogP contribution in [-0.4, -0.2) is 87.1 Å². The molecule has 3 aliphatic heterocycles. The lowest BCUT2D eigenvalue weighted by molar-refractivity contribution is -0.120. The van der Waals surface area contributed by atoms with Crippen LogP contribution in [0.25, 0.3) is 0 Å². The fraction of sp³-hybridized carbons (Fsp3) is 0.667. The molecule has 0 unspecified atom stereocenters. The summed E-state index contributed by atoms with van der Waals surface area (Å²) >= 11 is 0. The Morgan fingerprint density at radius 1 is 1.09 bits per heavy atom. The van der Waals surface area contributed by atoms with Gasteiger partial charge >= 0.3 is 0 Å². The Kier molecular flexibility index (Phi) is 8.52. The molecule has 1 N–H and O–H groups in total. The Bertz CT molecular complexity index is 1350. The minimum absolute atomic E-state index is 0.0630. The van der Waals surface area contributed by atoms with Gasteiger partial charge in [0, 0.05) is 49.1 Å². The first kappa shape index (κ1) is 30.7. The van der Waals surface area contributed by atoms with E-state index < -0.39 is 5.82 Å². The first-order valence-electron chi connectivity index (χ1n) is 16.3. The topological polar surface area (TPSA) is 104 Å². The lowest BCUT2D eigenvalue weighted by atomic mass is 9.71. The fourth-order valence-corrected chi connectivity index (χ4v) is 7.97. The van der Waals surface area contributed by atoms with E-state index in [1.54, 1.807) is 4.90 Å². The highest BCUT2D eigenvalue weighted by atomic mass is 19.1. The van der Waals surface area contributed by atoms with Gasteiger partial charge in [-0.15, -0.1) is 10.2 Å². The molecule has 0 bridgehead atoms. The average molecular weight is 608 g/mol. The zero-order chi connectivity index (χ0) is 31.1. The Hall–Kier alpha value is -3.34. The number of amides is 2. The van der Waals surface area contributed by atoms with Gasteiger partial charge in [0.25, 0.3) is 11.8 Å². The molecule has 238 valence electrons. The summed E-state index contributed by atoms with van der Waals surface area (Å²) in [4.78, 5) is 36.3. The van der Waals surface area contributed by atoms with E-state index in [-0.39, 0.29) is 52.0 Å². The standard InChI is InChI=1S/C33H46FN7O3/c1-22(2)41(23(3)4)31(43)26-17-25(34)5-6-27(26)44-30-29(35-21-36-38-30)40-19-32(20-40)13-15-39(16-14-32)18-24-7-10-33(11-8-24)12-9-28(42)37-33/h5-6,17,21-24H,7-16,18-20H2,1-4H3,(H,37,42)/t24-,33-. The average Bonchev–Trinajstić information content (AvgIpc) is 3.34. The van der Waals surface area contributed by atoms with Crippen LogP contribution < -0.4 is 15.0 Å². The summed E-state index contributed by atoms with van der Waals surface area (Å²) in [7, 11) is 0. The van der Waals surface area contributed by atoms with E-state index in [9.17, 15) is 14.0 Å². The molecule has 1 aliphatic carbocycles. The predicted octanol–water partition coefficient (Wildman–Crippen LogP) is 4.80. The van der Waals surface area contributed by atoms with Crippen molar-refractivity contribution >= 4 is 17.6 Å². The smallest absolute Gasteiger partial charge is 0.282 e. The minimum Gasteiger partial charge on any atom is -0.434 e. The number of benzene rings is 1. The number of carbonyl (C=O) groups excluding carboxylic acids is 2. The Morgan fingerprint density at radius 2 is 1.80 bits per heavy atom. The number of hydrogen-bond donors (Lipinski definition) is 1. The van der Waals surface area contributed by atoms with Gasteiger partial charge in [-0.05, 0) is 110 Å². The summed E-state index contributed by atoms with van der Waals surface area (Å²) in [5.74, 6) is 1.19. The van der Waals surface area contributed by atoms with E-state index in [0.29, 0.717) is 18.2 Å². The van der Waals surface area contributed by atoms with E-state index in [2.05, 4.69) is 30.3 Å². The number of piperidine rings is 1. The van der Waals surface area contributed by atoms with Gasteiger partial charge < -0.3 is 24.8 Å². The lowest BCUT2D eigenvalue weighted by Gasteiger charge is -2.54. The predicted molar refractivity (Wildman–Crippen MR) is 165 cm³/mol. The summed E-state index contributed by atoms with van der Waals surface area (Å²) in [6.07, 6.45) is 10.0. The number of nitrogens with one attached hydrogen (secondary N) is 1. The fourth-order valence-electron chi connectivity index (χ4n) is 7.97. The van der Waals surface area contributed by atoms with Crippen molar-refractivity contribution in [1.82, 2.24) is 30.3 Å². The molecule has 4 fully saturated rings. The van der Waals surface area contributed by atoms with Crippen molar-refractivity contribution < 1.29 is 18.7 Å². The molecule has 3 saturated heterocycles. The van der Waals surface area contributed by atoms with Crippen LogP contribution in [0.15, 0.2) is 24.5 Å². The van der Waals surface area contributed by atoms with Gasteiger partial charge in [-0.3, -0.25) is 9.59 Å². The van der Waals surface area contributed by atoms with Gasteiger partial charge in [0.15, 0.2) is 5.82 Å². The molecule has 1 aromatic heterocycles. The molecule has 2 amide bonds. The highest BCUT2D eigenvalue weighted by Crippen LogP contribution is 2.45. The molecule has 4 heterocycles. The number of likely N-dealkylation sites (tertiary alicyclic amines) is 1. The van der Waals surface area contributed by atoms with E-state index in [4.69, 9.17) is 4.74 Å². The zero-order valence-electron chi connectivity index (χ0n) is 26.5. The Morgan fingerprint density at radius 3 is 2.43 bits per heavy atom. The van der Waals surface area contributed by atoms with Crippen molar-refractivity contribution in [3.05, 3.63) is 35.9 Å². The largest absolute Gasteiger partial charge is 0.434 e. The van der Waals surface area contributed by atoms with Gasteiger partial charge in [-0.25, -0.2) is 9.37 Å². The van der Waals surface area contributed by atoms with Crippen molar-refractivity contribution in [1.29, 1.82) is 0 Å². The van der Waals surface area contributed by atoms with Crippen LogP contribution in [0.3, 0.4) is 0 Å². The molecule has 0 atom stereocenters. The number of ether oxygens (including phenoxy) is 1. The maximum atomic E-state index is 14.3. The van der Waals surface area contributed by atoms with Gasteiger partial charge in [0.05, 0.1) is 5.56 Å². The summed E-state index contributed by atoms with van der Waals surface area (Å²) in [5.41, 5.74) is 0.483. The maximum absolute atomic E-state index is 14.3. The van der Waals surface area contributed by atoms with E-state index in [1.807, 2.05) is 27.7 Å². The molecule has 6 rings (SSSR count). The van der Waals surface area contributed by atoms with Crippen LogP contribution in [0.1, 0.15) is 89.4 Å². The number of aromatic nitrogens is 3. The van der Waals surface area contributed by atoms with Crippen LogP contribution in [0, 0.1) is 17.2 Å². The molecule has 1 saturated carbocycles. The molecular weight excluding hydrogens is 561 g/mol. The number of hydrogen-bond acceptors (Lipinski definition) is 8. The second-order valence-corrected chi connectivity index (χ2v) is 14.2. The van der Waals surface area contributed by atoms with E-state index in [1.165, 1.54) is 37.4 Å². The number of halogens is 1. The second kappa shape index (κ2) is 12.2. The monoisotopic (exact) mass is 607 g/mol. The summed E-state index contributed by atoms with van der Waals surface area (Å²) in [5, 5.41) is 11.4. The van der Waals surface area contributed by atoms with Gasteiger partial charge in [-0.2, -0.15) is 0 Å². The molecule has 10 nitrogen and oxygen atoms in total. The number of anilines is 1. The van der Waals surface area contributed by atoms with Crippen molar-refractivity contribution in [2.45, 2.75) is 96.7 Å². The minimum atomic E-state index is -0.503. The van der Waals surface area contributed by atoms with Crippen LogP contribution in [0.4, 0.5) is 10.2 Å². The SMILES string of the molecule is CC(C)N(C(=O)c1cc(F)ccc1Oc1nncnc1N1CC2(CCN(C[C@H]3CC[C@@]4(CCC(=O)N4)CC3)CC2)C1)C(C)C. The lowest BCUT2D eigenvalue weighted by Crippen LogP contribution is -2.61. The van der Waals surface area contributed by atoms with Gasteiger partial charge in [-0.1, -0.05) is 0 Å². The van der Waals surface area contributed by atoms with Crippen LogP contribution in [0.2, 0.25) is 0 Å². The first-order valence-corrected chi connectivity index (χ1v) is 16.3. The molecule has 1 aromatic carbocycles. The third kappa shape index (κ3) is 6.25. The van der Waals surface area contributed by atoms with E-state index >= 15 is 0 Å². The molecule has 4 aliphatic rings. The van der Waals surface area contributed by atoms with Gasteiger partial charge in [0.1, 0.15) is 17.9 Å². The molecule has 44 heavy (non-hydrogen) atoms. The maximum Gasteiger partial charge on any atom is 0.282 e. The summed E-state index contributed by atoms with van der Waals surface area (Å²) < 4.78 is 20.5. The van der Waals surface area contributed by atoms with Crippen molar-refractivity contribution in [3.63, 3.8) is 0 Å². The summed E-state index contributed by atoms with van der Waals surface area (Å²) in [6, 6.07) is 3.86. The van der Waals surface area contributed by atoms with Crippen molar-refractivity contribution in [2.75, 3.05) is 37.6 Å². The highest BCUT2D eigenvalue weighted by molar-refractivity contribution is 5.97. The van der Waals surface area contributed by atoms with Crippen molar-refractivity contribution in [2.24, 2.45) is 11.3 Å². The first-order chi connectivity index (χ1) is 21.1. The highest BCUT2D eigenvalue weighted by Gasteiger charge is 2.47. The Balaban J connectivity index is 1.06. The third-order valence-corrected chi connectivity index (χ3v) is 10.4. The Labute approximate surface area is 259 Å². The molecule has 2 aromatic rings. The normalized spacial score (nSPS) is 25.0. The molecule has 0 radical (unpaired) electrons. The molecular formula is C33H46FN7O3. The van der Waals surface area contributed by atoms with E-state index in [0.717, 1.165) is 64.8 Å². The summed E-state index contributed by atoms with van der Waals surface area (Å²) in [6.45, 7) is 12.8. The van der Waals surface area contributed by atoms with Crippen molar-refractivity contribution in [3.8, 4) is 11.6 Å². The third-order valence-electron chi connectivity index (χ3n) is 10.4. The second-order valence-electron chi connectivity index (χ2n) is 14.2. The zero-order valence-corrected chi connectivity index (χ0v) is 26.5. The van der Waals surface area contributed by atoms with Crippen LogP contribution >= 0.6 is 0 Å². The van der Waals surface area contributed by atoms with Crippen LogP contribution in [0.5, 0.6) is 11.6 Å². The van der Waals surface area contributed by atoms with Crippen LogP contribution in [-0.2, 0) is 4.79 Å². The number of carbonyl (C=O) groups is 2.